The monoisotopic (exact) mass is 288 g/mol. The van der Waals surface area contributed by atoms with Gasteiger partial charge in [0.25, 0.3) is 0 Å². The maximum absolute atomic E-state index is 10.3. The molecule has 0 saturated carbocycles. The van der Waals surface area contributed by atoms with Gasteiger partial charge in [0, 0.05) is 11.0 Å². The van der Waals surface area contributed by atoms with E-state index >= 15 is 0 Å². The number of hydrogen-bond acceptors (Lipinski definition) is 1. The summed E-state index contributed by atoms with van der Waals surface area (Å²) in [5, 5.41) is 10.3. The zero-order chi connectivity index (χ0) is 12.2. The second kappa shape index (κ2) is 3.36. The topological polar surface area (TPSA) is 20.2 Å². The summed E-state index contributed by atoms with van der Waals surface area (Å²) in [6.45, 7) is 4.31. The fourth-order valence-corrected chi connectivity index (χ4v) is 3.15. The minimum Gasteiger partial charge on any atom is -0.506 e. The van der Waals surface area contributed by atoms with Crippen LogP contribution in [0.1, 0.15) is 25.0 Å². The molecule has 2 aromatic carbocycles. The summed E-state index contributed by atoms with van der Waals surface area (Å²) in [6, 6.07) is 12.3. The Balaban J connectivity index is 2.44. The van der Waals surface area contributed by atoms with E-state index in [0.29, 0.717) is 5.75 Å². The minimum atomic E-state index is -0.139. The molecule has 0 amide bonds. The Morgan fingerprint density at radius 3 is 2.47 bits per heavy atom. The molecule has 1 N–H and O–H groups in total. The van der Waals surface area contributed by atoms with E-state index in [9.17, 15) is 5.11 Å². The molecule has 3 rings (SSSR count). The van der Waals surface area contributed by atoms with E-state index < -0.39 is 0 Å². The Kier molecular flexibility index (Phi) is 2.14. The third-order valence-electron chi connectivity index (χ3n) is 3.64. The highest BCUT2D eigenvalue weighted by Gasteiger charge is 2.37. The van der Waals surface area contributed by atoms with Gasteiger partial charge >= 0.3 is 0 Å². The first-order valence-corrected chi connectivity index (χ1v) is 6.44. The van der Waals surface area contributed by atoms with Crippen molar-refractivity contribution in [3.05, 3.63) is 52.0 Å². The summed E-state index contributed by atoms with van der Waals surface area (Å²) in [5.41, 5.74) is 4.54. The van der Waals surface area contributed by atoms with E-state index in [1.807, 2.05) is 12.1 Å². The number of hydrogen-bond donors (Lipinski definition) is 1. The van der Waals surface area contributed by atoms with Crippen LogP contribution in [0.5, 0.6) is 5.75 Å². The van der Waals surface area contributed by atoms with Crippen molar-refractivity contribution in [1.29, 1.82) is 0 Å². The van der Waals surface area contributed by atoms with Gasteiger partial charge < -0.3 is 5.11 Å². The van der Waals surface area contributed by atoms with Crippen LogP contribution in [0, 0.1) is 0 Å². The Morgan fingerprint density at radius 1 is 1.00 bits per heavy atom. The lowest BCUT2D eigenvalue weighted by Crippen LogP contribution is -2.15. The van der Waals surface area contributed by atoms with Gasteiger partial charge in [-0.25, -0.2) is 0 Å². The number of phenols is 1. The Morgan fingerprint density at radius 2 is 1.71 bits per heavy atom. The first-order valence-electron chi connectivity index (χ1n) is 5.65. The molecule has 17 heavy (non-hydrogen) atoms. The zero-order valence-corrected chi connectivity index (χ0v) is 11.4. The SMILES string of the molecule is CC1(C)c2ccccc2-c2ccc(Br)c(O)c21. The second-order valence-electron chi connectivity index (χ2n) is 4.99. The first kappa shape index (κ1) is 10.8. The third kappa shape index (κ3) is 1.31. The highest BCUT2D eigenvalue weighted by Crippen LogP contribution is 2.53. The number of phenolic OH excluding ortho intramolecular Hbond substituents is 1. The van der Waals surface area contributed by atoms with Crippen LogP contribution in [0.4, 0.5) is 0 Å². The summed E-state index contributed by atoms with van der Waals surface area (Å²) in [5.74, 6) is 0.365. The summed E-state index contributed by atoms with van der Waals surface area (Å²) >= 11 is 3.40. The molecule has 0 spiro atoms. The van der Waals surface area contributed by atoms with Gasteiger partial charge in [-0.05, 0) is 38.7 Å². The largest absolute Gasteiger partial charge is 0.506 e. The maximum atomic E-state index is 10.3. The van der Waals surface area contributed by atoms with Crippen LogP contribution in [0.2, 0.25) is 0 Å². The van der Waals surface area contributed by atoms with Gasteiger partial charge in [0.15, 0.2) is 0 Å². The highest BCUT2D eigenvalue weighted by atomic mass is 79.9. The minimum absolute atomic E-state index is 0.139. The molecule has 86 valence electrons. The second-order valence-corrected chi connectivity index (χ2v) is 5.84. The standard InChI is InChI=1S/C15H13BrO/c1-15(2)11-6-4-3-5-9(11)10-7-8-12(16)14(17)13(10)15/h3-8,17H,1-2H3. The predicted molar refractivity (Wildman–Crippen MR) is 73.4 cm³/mol. The van der Waals surface area contributed by atoms with E-state index in [4.69, 9.17) is 0 Å². The van der Waals surface area contributed by atoms with E-state index in [1.54, 1.807) is 0 Å². The van der Waals surface area contributed by atoms with Gasteiger partial charge in [-0.3, -0.25) is 0 Å². The average Bonchev–Trinajstić information content (AvgIpc) is 2.54. The predicted octanol–water partition coefficient (Wildman–Crippen LogP) is 4.46. The molecular weight excluding hydrogens is 276 g/mol. The number of fused-ring (bicyclic) bond motifs is 3. The van der Waals surface area contributed by atoms with Crippen LogP contribution in [0.15, 0.2) is 40.9 Å². The highest BCUT2D eigenvalue weighted by molar-refractivity contribution is 9.10. The summed E-state index contributed by atoms with van der Waals surface area (Å²) in [7, 11) is 0. The quantitative estimate of drug-likeness (QED) is 0.759. The van der Waals surface area contributed by atoms with Crippen LogP contribution in [0.25, 0.3) is 11.1 Å². The van der Waals surface area contributed by atoms with Gasteiger partial charge in [-0.1, -0.05) is 44.2 Å². The van der Waals surface area contributed by atoms with Crippen LogP contribution in [-0.2, 0) is 5.41 Å². The van der Waals surface area contributed by atoms with Crippen molar-refractivity contribution in [3.63, 3.8) is 0 Å². The molecule has 1 nitrogen and oxygen atoms in total. The fourth-order valence-electron chi connectivity index (χ4n) is 2.82. The Labute approximate surface area is 109 Å². The van der Waals surface area contributed by atoms with Crippen molar-refractivity contribution in [1.82, 2.24) is 0 Å². The van der Waals surface area contributed by atoms with Crippen molar-refractivity contribution >= 4 is 15.9 Å². The molecule has 0 unspecified atom stereocenters. The van der Waals surface area contributed by atoms with Crippen LogP contribution >= 0.6 is 15.9 Å². The molecule has 0 bridgehead atoms. The Bertz CT molecular complexity index is 614. The molecule has 0 saturated heterocycles. The first-order chi connectivity index (χ1) is 8.03. The maximum Gasteiger partial charge on any atom is 0.134 e. The molecule has 1 aliphatic carbocycles. The number of halogens is 1. The van der Waals surface area contributed by atoms with Crippen molar-refractivity contribution < 1.29 is 5.11 Å². The fraction of sp³-hybridized carbons (Fsp3) is 0.200. The molecule has 2 heteroatoms. The van der Waals surface area contributed by atoms with Gasteiger partial charge in [-0.2, -0.15) is 0 Å². The molecule has 0 heterocycles. The lowest BCUT2D eigenvalue weighted by molar-refractivity contribution is 0.453. The molecule has 1 aliphatic rings. The summed E-state index contributed by atoms with van der Waals surface area (Å²) in [4.78, 5) is 0. The third-order valence-corrected chi connectivity index (χ3v) is 4.28. The van der Waals surface area contributed by atoms with E-state index in [1.165, 1.54) is 11.1 Å². The van der Waals surface area contributed by atoms with Crippen LogP contribution < -0.4 is 0 Å². The smallest absolute Gasteiger partial charge is 0.134 e. The van der Waals surface area contributed by atoms with Crippen LogP contribution in [-0.4, -0.2) is 5.11 Å². The molecule has 2 aromatic rings. The molecule has 0 aliphatic heterocycles. The molecule has 0 atom stereocenters. The van der Waals surface area contributed by atoms with Gasteiger partial charge in [0.2, 0.25) is 0 Å². The lowest BCUT2D eigenvalue weighted by Gasteiger charge is -2.22. The number of rotatable bonds is 0. The van der Waals surface area contributed by atoms with E-state index in [0.717, 1.165) is 15.6 Å². The molecular formula is C15H13BrO. The summed E-state index contributed by atoms with van der Waals surface area (Å²) < 4.78 is 0.761. The zero-order valence-electron chi connectivity index (χ0n) is 9.79. The molecule has 0 aromatic heterocycles. The van der Waals surface area contributed by atoms with Crippen molar-refractivity contribution in [2.45, 2.75) is 19.3 Å². The average molecular weight is 289 g/mol. The number of aromatic hydroxyl groups is 1. The number of benzene rings is 2. The van der Waals surface area contributed by atoms with Crippen molar-refractivity contribution in [2.75, 3.05) is 0 Å². The lowest BCUT2D eigenvalue weighted by atomic mass is 9.82. The van der Waals surface area contributed by atoms with Gasteiger partial charge in [0.05, 0.1) is 4.47 Å². The van der Waals surface area contributed by atoms with Crippen molar-refractivity contribution in [3.8, 4) is 16.9 Å². The summed E-state index contributed by atoms with van der Waals surface area (Å²) in [6.07, 6.45) is 0. The normalized spacial score (nSPS) is 15.5. The van der Waals surface area contributed by atoms with Crippen molar-refractivity contribution in [2.24, 2.45) is 0 Å². The Hall–Kier alpha value is -1.28. The molecule has 0 fully saturated rings. The van der Waals surface area contributed by atoms with E-state index in [2.05, 4.69) is 54.0 Å². The molecule has 0 radical (unpaired) electrons. The van der Waals surface area contributed by atoms with Crippen LogP contribution in [0.3, 0.4) is 0 Å². The van der Waals surface area contributed by atoms with Gasteiger partial charge in [-0.15, -0.1) is 0 Å². The van der Waals surface area contributed by atoms with Gasteiger partial charge in [0.1, 0.15) is 5.75 Å². The van der Waals surface area contributed by atoms with E-state index in [-0.39, 0.29) is 5.41 Å².